The van der Waals surface area contributed by atoms with E-state index in [1.165, 1.54) is 23.0 Å². The Morgan fingerprint density at radius 2 is 2.08 bits per heavy atom. The fourth-order valence-electron chi connectivity index (χ4n) is 2.56. The van der Waals surface area contributed by atoms with E-state index in [-0.39, 0.29) is 28.5 Å². The third-order valence-corrected chi connectivity index (χ3v) is 4.15. The van der Waals surface area contributed by atoms with Crippen LogP contribution in [0, 0.1) is 0 Å². The van der Waals surface area contributed by atoms with E-state index in [2.05, 4.69) is 10.1 Å². The number of carbonyl (C=O) groups is 1. The van der Waals surface area contributed by atoms with Gasteiger partial charge in [0.15, 0.2) is 5.65 Å². The molecule has 26 heavy (non-hydrogen) atoms. The van der Waals surface area contributed by atoms with Crippen LogP contribution in [0.2, 0.25) is 5.02 Å². The molecule has 0 aliphatic heterocycles. The van der Waals surface area contributed by atoms with Crippen LogP contribution in [0.1, 0.15) is 22.8 Å². The highest BCUT2D eigenvalue weighted by atomic mass is 35.5. The van der Waals surface area contributed by atoms with Crippen molar-refractivity contribution in [2.24, 2.45) is 7.05 Å². The highest BCUT2D eigenvalue weighted by molar-refractivity contribution is 6.38. The van der Waals surface area contributed by atoms with E-state index in [4.69, 9.17) is 16.3 Å². The number of nitrogens with zero attached hydrogens (tertiary/aromatic N) is 3. The van der Waals surface area contributed by atoms with E-state index in [9.17, 15) is 18.0 Å². The second kappa shape index (κ2) is 6.60. The molecule has 0 saturated carbocycles. The topological polar surface area (TPSA) is 57.0 Å². The van der Waals surface area contributed by atoms with Gasteiger partial charge in [-0.2, -0.15) is 18.3 Å². The molecule has 0 spiro atoms. The largest absolute Gasteiger partial charge is 0.462 e. The van der Waals surface area contributed by atoms with Crippen LogP contribution in [0.25, 0.3) is 22.3 Å². The first-order valence-corrected chi connectivity index (χ1v) is 7.97. The third kappa shape index (κ3) is 3.12. The molecule has 0 saturated heterocycles. The van der Waals surface area contributed by atoms with Crippen LogP contribution in [0.3, 0.4) is 0 Å². The average molecular weight is 384 g/mol. The number of pyridine rings is 1. The lowest BCUT2D eigenvalue weighted by Crippen LogP contribution is -2.10. The lowest BCUT2D eigenvalue weighted by Gasteiger charge is -2.13. The Morgan fingerprint density at radius 3 is 2.73 bits per heavy atom. The van der Waals surface area contributed by atoms with Crippen molar-refractivity contribution >= 4 is 28.6 Å². The van der Waals surface area contributed by atoms with Crippen molar-refractivity contribution in [2.45, 2.75) is 13.1 Å². The molecule has 5 nitrogen and oxygen atoms in total. The van der Waals surface area contributed by atoms with Gasteiger partial charge in [0.05, 0.1) is 34.5 Å². The molecule has 0 N–H and O–H groups in total. The number of carbonyl (C=O) groups excluding carboxylic acids is 1. The predicted octanol–water partition coefficient (Wildman–Crippen LogP) is 4.48. The molecule has 0 unspecified atom stereocenters. The number of benzene rings is 1. The fourth-order valence-corrected chi connectivity index (χ4v) is 2.86. The summed E-state index contributed by atoms with van der Waals surface area (Å²) < 4.78 is 45.6. The second-order valence-electron chi connectivity index (χ2n) is 5.45. The van der Waals surface area contributed by atoms with Crippen LogP contribution in [0.5, 0.6) is 0 Å². The molecule has 3 aromatic rings. The molecule has 2 heterocycles. The molecule has 2 aromatic heterocycles. The molecule has 3 rings (SSSR count). The Morgan fingerprint density at radius 1 is 1.35 bits per heavy atom. The van der Waals surface area contributed by atoms with E-state index in [1.807, 2.05) is 0 Å². The minimum absolute atomic E-state index is 0.00986. The van der Waals surface area contributed by atoms with Crippen LogP contribution < -0.4 is 0 Å². The summed E-state index contributed by atoms with van der Waals surface area (Å²) in [6.45, 7) is 1.70. The number of rotatable bonds is 3. The average Bonchev–Trinajstić information content (AvgIpc) is 2.96. The fraction of sp³-hybridized carbons (Fsp3) is 0.235. The smallest absolute Gasteiger partial charge is 0.416 e. The van der Waals surface area contributed by atoms with Crippen molar-refractivity contribution in [1.29, 1.82) is 0 Å². The van der Waals surface area contributed by atoms with Gasteiger partial charge in [0.1, 0.15) is 5.56 Å². The van der Waals surface area contributed by atoms with Crippen LogP contribution in [0.4, 0.5) is 13.2 Å². The van der Waals surface area contributed by atoms with E-state index in [0.29, 0.717) is 11.0 Å². The Bertz CT molecular complexity index is 999. The van der Waals surface area contributed by atoms with Gasteiger partial charge in [-0.3, -0.25) is 4.68 Å². The molecule has 0 atom stereocenters. The molecular weight excluding hydrogens is 371 g/mol. The first-order chi connectivity index (χ1) is 12.2. The number of esters is 1. The quantitative estimate of drug-likeness (QED) is 0.625. The molecule has 0 fully saturated rings. The van der Waals surface area contributed by atoms with Gasteiger partial charge in [0.25, 0.3) is 0 Å². The number of aromatic nitrogens is 3. The maximum Gasteiger partial charge on any atom is 0.416 e. The highest BCUT2D eigenvalue weighted by Gasteiger charge is 2.31. The van der Waals surface area contributed by atoms with Crippen molar-refractivity contribution in [3.05, 3.63) is 46.6 Å². The number of ether oxygens (including phenoxy) is 1. The summed E-state index contributed by atoms with van der Waals surface area (Å²) in [5, 5.41) is 4.48. The van der Waals surface area contributed by atoms with Gasteiger partial charge in [0, 0.05) is 12.6 Å². The van der Waals surface area contributed by atoms with Gasteiger partial charge < -0.3 is 4.74 Å². The van der Waals surface area contributed by atoms with Crippen LogP contribution in [-0.4, -0.2) is 27.3 Å². The van der Waals surface area contributed by atoms with Crippen molar-refractivity contribution in [3.8, 4) is 11.3 Å². The molecule has 0 aliphatic carbocycles. The maximum absolute atomic E-state index is 13.1. The lowest BCUT2D eigenvalue weighted by molar-refractivity contribution is -0.137. The maximum atomic E-state index is 13.1. The summed E-state index contributed by atoms with van der Waals surface area (Å²) in [6, 6.07) is 4.54. The molecule has 136 valence electrons. The molecule has 1 aromatic carbocycles. The highest BCUT2D eigenvalue weighted by Crippen LogP contribution is 2.36. The number of hydrogen-bond acceptors (Lipinski definition) is 4. The minimum atomic E-state index is -4.53. The molecule has 0 aliphatic rings. The number of aryl methyl sites for hydroxylation is 1. The van der Waals surface area contributed by atoms with Crippen LogP contribution >= 0.6 is 11.6 Å². The van der Waals surface area contributed by atoms with Crippen LogP contribution in [-0.2, 0) is 18.0 Å². The Hall–Kier alpha value is -2.61. The summed E-state index contributed by atoms with van der Waals surface area (Å²) in [4.78, 5) is 16.7. The molecule has 0 amide bonds. The Balaban J connectivity index is 2.32. The zero-order valence-corrected chi connectivity index (χ0v) is 14.5. The zero-order valence-electron chi connectivity index (χ0n) is 13.8. The van der Waals surface area contributed by atoms with Crippen molar-refractivity contribution in [2.75, 3.05) is 6.61 Å². The summed E-state index contributed by atoms with van der Waals surface area (Å²) in [7, 11) is 1.62. The summed E-state index contributed by atoms with van der Waals surface area (Å²) in [5.41, 5.74) is -0.486. The lowest BCUT2D eigenvalue weighted by atomic mass is 10.0. The number of hydrogen-bond donors (Lipinski definition) is 0. The number of halogens is 4. The molecule has 9 heteroatoms. The third-order valence-electron chi connectivity index (χ3n) is 3.76. The van der Waals surface area contributed by atoms with E-state index >= 15 is 0 Å². The van der Waals surface area contributed by atoms with E-state index in [1.54, 1.807) is 14.0 Å². The molecule has 0 bridgehead atoms. The van der Waals surface area contributed by atoms with Gasteiger partial charge in [-0.15, -0.1) is 0 Å². The molecular formula is C17H13ClF3N3O2. The Kier molecular flexibility index (Phi) is 4.62. The first kappa shape index (κ1) is 18.2. The first-order valence-electron chi connectivity index (χ1n) is 7.60. The number of fused-ring (bicyclic) bond motifs is 1. The van der Waals surface area contributed by atoms with Crippen molar-refractivity contribution in [1.82, 2.24) is 14.8 Å². The van der Waals surface area contributed by atoms with Gasteiger partial charge >= 0.3 is 12.1 Å². The normalized spacial score (nSPS) is 11.8. The molecule has 0 radical (unpaired) electrons. The Labute approximate surface area is 151 Å². The SMILES string of the molecule is CCOC(=O)c1c(-c2cccc(C(F)(F)F)c2)nc2c(cnn2C)c1Cl. The van der Waals surface area contributed by atoms with Gasteiger partial charge in [-0.1, -0.05) is 23.7 Å². The zero-order chi connectivity index (χ0) is 19.1. The van der Waals surface area contributed by atoms with Crippen molar-refractivity contribution < 1.29 is 22.7 Å². The van der Waals surface area contributed by atoms with Gasteiger partial charge in [-0.25, -0.2) is 9.78 Å². The number of alkyl halides is 3. The minimum Gasteiger partial charge on any atom is -0.462 e. The summed E-state index contributed by atoms with van der Waals surface area (Å²) >= 11 is 6.35. The van der Waals surface area contributed by atoms with E-state index in [0.717, 1.165) is 12.1 Å². The van der Waals surface area contributed by atoms with Crippen LogP contribution in [0.15, 0.2) is 30.5 Å². The summed E-state index contributed by atoms with van der Waals surface area (Å²) in [6.07, 6.45) is -3.09. The van der Waals surface area contributed by atoms with E-state index < -0.39 is 17.7 Å². The van der Waals surface area contributed by atoms with Gasteiger partial charge in [-0.05, 0) is 19.1 Å². The van der Waals surface area contributed by atoms with Crippen molar-refractivity contribution in [3.63, 3.8) is 0 Å². The van der Waals surface area contributed by atoms with Gasteiger partial charge in [0.2, 0.25) is 0 Å². The summed E-state index contributed by atoms with van der Waals surface area (Å²) in [5.74, 6) is -0.761. The second-order valence-corrected chi connectivity index (χ2v) is 5.83. The standard InChI is InChI=1S/C17H13ClF3N3O2/c1-3-26-16(25)12-13(18)11-8-22-24(2)15(11)23-14(12)9-5-4-6-10(7-9)17(19,20)21/h4-8H,3H2,1-2H3. The monoisotopic (exact) mass is 383 g/mol. The predicted molar refractivity (Wildman–Crippen MR) is 89.9 cm³/mol.